The van der Waals surface area contributed by atoms with Crippen molar-refractivity contribution in [1.82, 2.24) is 20.6 Å². The Balaban J connectivity index is 1.30. The SMILES string of the molecule is CC(NC(=O)c1ccc(C[C@@H]2CC[C@H]([C@H](O)c3ccccc3)N2)cc1)c1cnccn1. The molecule has 6 heteroatoms. The number of aliphatic hydroxyl groups is 1. The Morgan fingerprint density at radius 3 is 2.61 bits per heavy atom. The second kappa shape index (κ2) is 9.81. The summed E-state index contributed by atoms with van der Waals surface area (Å²) in [6, 6.07) is 17.7. The van der Waals surface area contributed by atoms with Crippen LogP contribution < -0.4 is 10.6 Å². The average molecular weight is 417 g/mol. The third-order valence-electron chi connectivity index (χ3n) is 5.87. The van der Waals surface area contributed by atoms with Crippen molar-refractivity contribution < 1.29 is 9.90 Å². The van der Waals surface area contributed by atoms with Crippen molar-refractivity contribution >= 4 is 5.91 Å². The van der Waals surface area contributed by atoms with Crippen LogP contribution in [0.15, 0.2) is 73.2 Å². The van der Waals surface area contributed by atoms with Crippen molar-refractivity contribution in [2.75, 3.05) is 0 Å². The number of nitrogens with zero attached hydrogens (tertiary/aromatic N) is 2. The third kappa shape index (κ3) is 5.34. The number of hydrogen-bond acceptors (Lipinski definition) is 5. The Bertz CT molecular complexity index is 979. The maximum atomic E-state index is 12.5. The van der Waals surface area contributed by atoms with E-state index in [0.717, 1.165) is 30.5 Å². The molecule has 4 atom stereocenters. The van der Waals surface area contributed by atoms with Crippen LogP contribution in [0, 0.1) is 0 Å². The zero-order chi connectivity index (χ0) is 21.6. The van der Waals surface area contributed by atoms with Gasteiger partial charge in [-0.1, -0.05) is 42.5 Å². The van der Waals surface area contributed by atoms with Crippen LogP contribution in [-0.4, -0.2) is 33.1 Å². The largest absolute Gasteiger partial charge is 0.387 e. The van der Waals surface area contributed by atoms with Crippen molar-refractivity contribution in [2.24, 2.45) is 0 Å². The Hall–Kier alpha value is -3.09. The van der Waals surface area contributed by atoms with Gasteiger partial charge in [0.25, 0.3) is 5.91 Å². The number of benzene rings is 2. The van der Waals surface area contributed by atoms with Crippen LogP contribution in [0.3, 0.4) is 0 Å². The van der Waals surface area contributed by atoms with E-state index in [1.165, 1.54) is 5.56 Å². The standard InChI is InChI=1S/C25H28N4O2/c1-17(23-16-26-13-14-27-23)28-25(31)20-9-7-18(8-10-20)15-21-11-12-22(29-21)24(30)19-5-3-2-4-6-19/h2-10,13-14,16-17,21-22,24,29-30H,11-12,15H2,1H3,(H,28,31)/t17?,21-,22+,24+/m0/s1. The number of amides is 1. The minimum Gasteiger partial charge on any atom is -0.387 e. The van der Waals surface area contributed by atoms with Gasteiger partial charge in [-0.25, -0.2) is 0 Å². The maximum absolute atomic E-state index is 12.5. The van der Waals surface area contributed by atoms with Gasteiger partial charge in [-0.05, 0) is 49.4 Å². The molecule has 1 amide bonds. The molecule has 0 radical (unpaired) electrons. The van der Waals surface area contributed by atoms with Crippen LogP contribution >= 0.6 is 0 Å². The molecule has 1 aliphatic rings. The normalized spacial score (nSPS) is 20.2. The molecular weight excluding hydrogens is 388 g/mol. The van der Waals surface area contributed by atoms with Crippen molar-refractivity contribution in [2.45, 2.75) is 50.4 Å². The van der Waals surface area contributed by atoms with E-state index in [9.17, 15) is 9.90 Å². The maximum Gasteiger partial charge on any atom is 0.251 e. The first-order chi connectivity index (χ1) is 15.1. The minimum absolute atomic E-state index is 0.0695. The first kappa shape index (κ1) is 21.2. The van der Waals surface area contributed by atoms with Crippen molar-refractivity contribution in [3.05, 3.63) is 95.6 Å². The molecule has 0 aliphatic carbocycles. The van der Waals surface area contributed by atoms with Crippen LogP contribution in [0.5, 0.6) is 0 Å². The summed E-state index contributed by atoms with van der Waals surface area (Å²) < 4.78 is 0. The average Bonchev–Trinajstić information content (AvgIpc) is 3.28. The molecule has 2 heterocycles. The highest BCUT2D eigenvalue weighted by Crippen LogP contribution is 2.26. The summed E-state index contributed by atoms with van der Waals surface area (Å²) in [7, 11) is 0. The molecular formula is C25H28N4O2. The fourth-order valence-electron chi connectivity index (χ4n) is 4.11. The van der Waals surface area contributed by atoms with Gasteiger partial charge in [-0.2, -0.15) is 0 Å². The van der Waals surface area contributed by atoms with Crippen molar-refractivity contribution in [3.63, 3.8) is 0 Å². The topological polar surface area (TPSA) is 87.1 Å². The quantitative estimate of drug-likeness (QED) is 0.550. The molecule has 2 aromatic carbocycles. The van der Waals surface area contributed by atoms with Crippen LogP contribution in [0.25, 0.3) is 0 Å². The summed E-state index contributed by atoms with van der Waals surface area (Å²) in [4.78, 5) is 20.8. The molecule has 1 saturated heterocycles. The van der Waals surface area contributed by atoms with E-state index in [1.54, 1.807) is 18.6 Å². The van der Waals surface area contributed by atoms with Gasteiger partial charge in [-0.15, -0.1) is 0 Å². The molecule has 6 nitrogen and oxygen atoms in total. The molecule has 1 fully saturated rings. The van der Waals surface area contributed by atoms with E-state index in [2.05, 4.69) is 20.6 Å². The fraction of sp³-hybridized carbons (Fsp3) is 0.320. The van der Waals surface area contributed by atoms with E-state index in [-0.39, 0.29) is 18.0 Å². The monoisotopic (exact) mass is 416 g/mol. The summed E-state index contributed by atoms with van der Waals surface area (Å²) in [6.45, 7) is 1.89. The highest BCUT2D eigenvalue weighted by atomic mass is 16.3. The lowest BCUT2D eigenvalue weighted by atomic mass is 10.0. The number of aromatic nitrogens is 2. The van der Waals surface area contributed by atoms with Crippen LogP contribution in [0.2, 0.25) is 0 Å². The van der Waals surface area contributed by atoms with Crippen molar-refractivity contribution in [1.29, 1.82) is 0 Å². The predicted molar refractivity (Wildman–Crippen MR) is 119 cm³/mol. The van der Waals surface area contributed by atoms with E-state index >= 15 is 0 Å². The molecule has 1 unspecified atom stereocenters. The van der Waals surface area contributed by atoms with Crippen molar-refractivity contribution in [3.8, 4) is 0 Å². The number of hydrogen-bond donors (Lipinski definition) is 3. The smallest absolute Gasteiger partial charge is 0.251 e. The fourth-order valence-corrected chi connectivity index (χ4v) is 4.11. The van der Waals surface area contributed by atoms with Crippen LogP contribution in [-0.2, 0) is 6.42 Å². The first-order valence-corrected chi connectivity index (χ1v) is 10.7. The molecule has 0 bridgehead atoms. The summed E-state index contributed by atoms with van der Waals surface area (Å²) in [5.41, 5.74) is 3.47. The lowest BCUT2D eigenvalue weighted by Gasteiger charge is -2.20. The van der Waals surface area contributed by atoms with E-state index in [1.807, 2.05) is 61.5 Å². The van der Waals surface area contributed by atoms with Gasteiger partial charge in [0, 0.05) is 30.0 Å². The van der Waals surface area contributed by atoms with Gasteiger partial charge in [0.1, 0.15) is 0 Å². The third-order valence-corrected chi connectivity index (χ3v) is 5.87. The molecule has 160 valence electrons. The Kier molecular flexibility index (Phi) is 6.70. The molecule has 0 spiro atoms. The highest BCUT2D eigenvalue weighted by Gasteiger charge is 2.29. The molecule has 31 heavy (non-hydrogen) atoms. The second-order valence-electron chi connectivity index (χ2n) is 8.13. The van der Waals surface area contributed by atoms with Gasteiger partial charge in [0.05, 0.1) is 24.0 Å². The second-order valence-corrected chi connectivity index (χ2v) is 8.13. The molecule has 4 rings (SSSR count). The summed E-state index contributed by atoms with van der Waals surface area (Å²) in [6.07, 6.45) is 7.23. The van der Waals surface area contributed by atoms with Crippen LogP contribution in [0.1, 0.15) is 59.1 Å². The molecule has 0 saturated carbocycles. The Labute approximate surface area is 182 Å². The van der Waals surface area contributed by atoms with E-state index in [4.69, 9.17) is 0 Å². The zero-order valence-electron chi connectivity index (χ0n) is 17.6. The van der Waals surface area contributed by atoms with Gasteiger partial charge in [0.2, 0.25) is 0 Å². The number of carbonyl (C=O) groups is 1. The molecule has 3 N–H and O–H groups in total. The lowest BCUT2D eigenvalue weighted by Crippen LogP contribution is -2.35. The summed E-state index contributed by atoms with van der Waals surface area (Å²) >= 11 is 0. The number of rotatable bonds is 7. The lowest BCUT2D eigenvalue weighted by molar-refractivity contribution is 0.0939. The highest BCUT2D eigenvalue weighted by molar-refractivity contribution is 5.94. The zero-order valence-corrected chi connectivity index (χ0v) is 17.6. The Morgan fingerprint density at radius 1 is 1.13 bits per heavy atom. The number of aliphatic hydroxyl groups excluding tert-OH is 1. The summed E-state index contributed by atoms with van der Waals surface area (Å²) in [5.74, 6) is -0.130. The predicted octanol–water partition coefficient (Wildman–Crippen LogP) is 3.36. The van der Waals surface area contributed by atoms with Gasteiger partial charge >= 0.3 is 0 Å². The Morgan fingerprint density at radius 2 is 1.90 bits per heavy atom. The van der Waals surface area contributed by atoms with Crippen LogP contribution in [0.4, 0.5) is 0 Å². The number of nitrogens with one attached hydrogen (secondary N) is 2. The molecule has 1 aliphatic heterocycles. The molecule has 3 aromatic rings. The van der Waals surface area contributed by atoms with E-state index < -0.39 is 6.10 Å². The van der Waals surface area contributed by atoms with Gasteiger partial charge in [0.15, 0.2) is 0 Å². The van der Waals surface area contributed by atoms with Gasteiger partial charge in [-0.3, -0.25) is 14.8 Å². The summed E-state index contributed by atoms with van der Waals surface area (Å²) in [5, 5.41) is 17.2. The number of carbonyl (C=O) groups excluding carboxylic acids is 1. The van der Waals surface area contributed by atoms with E-state index in [0.29, 0.717) is 11.6 Å². The minimum atomic E-state index is -0.492. The first-order valence-electron chi connectivity index (χ1n) is 10.7. The van der Waals surface area contributed by atoms with Gasteiger partial charge < -0.3 is 15.7 Å². The molecule has 1 aromatic heterocycles.